The van der Waals surface area contributed by atoms with E-state index in [1.165, 1.54) is 11.3 Å². The summed E-state index contributed by atoms with van der Waals surface area (Å²) < 4.78 is 5.71. The molecule has 2 aromatic rings. The highest BCUT2D eigenvalue weighted by molar-refractivity contribution is 7.12. The standard InChI is InChI=1S/C13H13NO3S/c1-6-10(11(13(15)16)7(2)18-6)9-5-14-12(17-9)8-3-4-8/h5,8H,3-4H2,1-2H3,(H,15,16). The van der Waals surface area contributed by atoms with Gasteiger partial charge in [-0.05, 0) is 26.7 Å². The molecule has 5 heteroatoms. The smallest absolute Gasteiger partial charge is 0.337 e. The Kier molecular flexibility index (Phi) is 2.52. The Morgan fingerprint density at radius 2 is 2.17 bits per heavy atom. The molecule has 0 aromatic carbocycles. The van der Waals surface area contributed by atoms with Crippen LogP contribution in [0.2, 0.25) is 0 Å². The molecular formula is C13H13NO3S. The lowest BCUT2D eigenvalue weighted by atomic mass is 10.1. The second-order valence-electron chi connectivity index (χ2n) is 4.61. The van der Waals surface area contributed by atoms with E-state index < -0.39 is 5.97 Å². The summed E-state index contributed by atoms with van der Waals surface area (Å²) in [6, 6.07) is 0. The van der Waals surface area contributed by atoms with Crippen LogP contribution >= 0.6 is 11.3 Å². The van der Waals surface area contributed by atoms with E-state index >= 15 is 0 Å². The van der Waals surface area contributed by atoms with E-state index in [0.29, 0.717) is 22.8 Å². The van der Waals surface area contributed by atoms with Crippen LogP contribution < -0.4 is 0 Å². The van der Waals surface area contributed by atoms with E-state index in [0.717, 1.165) is 28.5 Å². The number of oxazole rings is 1. The zero-order chi connectivity index (χ0) is 12.9. The maximum Gasteiger partial charge on any atom is 0.337 e. The fourth-order valence-electron chi connectivity index (χ4n) is 2.16. The predicted molar refractivity (Wildman–Crippen MR) is 68.2 cm³/mol. The van der Waals surface area contributed by atoms with Crippen molar-refractivity contribution in [3.63, 3.8) is 0 Å². The third kappa shape index (κ3) is 1.75. The first-order valence-electron chi connectivity index (χ1n) is 5.87. The Morgan fingerprint density at radius 3 is 2.78 bits per heavy atom. The van der Waals surface area contributed by atoms with Crippen LogP contribution in [0.25, 0.3) is 11.3 Å². The van der Waals surface area contributed by atoms with Gasteiger partial charge in [-0.3, -0.25) is 0 Å². The quantitative estimate of drug-likeness (QED) is 0.919. The minimum atomic E-state index is -0.906. The topological polar surface area (TPSA) is 63.3 Å². The number of hydrogen-bond acceptors (Lipinski definition) is 4. The van der Waals surface area contributed by atoms with Gasteiger partial charge in [-0.15, -0.1) is 11.3 Å². The highest BCUT2D eigenvalue weighted by atomic mass is 32.1. The Balaban J connectivity index is 2.11. The lowest BCUT2D eigenvalue weighted by molar-refractivity contribution is 0.0697. The van der Waals surface area contributed by atoms with E-state index in [1.54, 1.807) is 6.20 Å². The second-order valence-corrected chi connectivity index (χ2v) is 6.04. The number of rotatable bonds is 3. The van der Waals surface area contributed by atoms with Crippen molar-refractivity contribution >= 4 is 17.3 Å². The molecule has 1 N–H and O–H groups in total. The van der Waals surface area contributed by atoms with Gasteiger partial charge in [0.15, 0.2) is 11.7 Å². The summed E-state index contributed by atoms with van der Waals surface area (Å²) in [6.07, 6.45) is 3.88. The number of aryl methyl sites for hydroxylation is 2. The summed E-state index contributed by atoms with van der Waals surface area (Å²) in [5, 5.41) is 9.29. The Hall–Kier alpha value is -1.62. The van der Waals surface area contributed by atoms with Crippen LogP contribution in [0.15, 0.2) is 10.6 Å². The summed E-state index contributed by atoms with van der Waals surface area (Å²) in [5.74, 6) is 0.851. The van der Waals surface area contributed by atoms with Crippen molar-refractivity contribution in [2.75, 3.05) is 0 Å². The number of carboxylic acids is 1. The molecule has 0 radical (unpaired) electrons. The van der Waals surface area contributed by atoms with Crippen LogP contribution in [0.4, 0.5) is 0 Å². The molecule has 1 aliphatic carbocycles. The summed E-state index contributed by atoms with van der Waals surface area (Å²) in [6.45, 7) is 3.74. The first-order chi connectivity index (χ1) is 8.58. The minimum Gasteiger partial charge on any atom is -0.478 e. The molecule has 0 saturated heterocycles. The third-order valence-electron chi connectivity index (χ3n) is 3.17. The fraction of sp³-hybridized carbons (Fsp3) is 0.385. The van der Waals surface area contributed by atoms with Crippen LogP contribution in [0, 0.1) is 13.8 Å². The monoisotopic (exact) mass is 263 g/mol. The van der Waals surface area contributed by atoms with Crippen LogP contribution in [0.5, 0.6) is 0 Å². The maximum atomic E-state index is 11.3. The van der Waals surface area contributed by atoms with Crippen LogP contribution in [0.3, 0.4) is 0 Å². The van der Waals surface area contributed by atoms with Crippen LogP contribution in [-0.4, -0.2) is 16.1 Å². The summed E-state index contributed by atoms with van der Waals surface area (Å²) in [4.78, 5) is 17.3. The molecular weight excluding hydrogens is 250 g/mol. The molecule has 0 unspecified atom stereocenters. The molecule has 1 saturated carbocycles. The average molecular weight is 263 g/mol. The predicted octanol–water partition coefficient (Wildman–Crippen LogP) is 3.60. The molecule has 18 heavy (non-hydrogen) atoms. The molecule has 0 aliphatic heterocycles. The van der Waals surface area contributed by atoms with Crippen LogP contribution in [-0.2, 0) is 0 Å². The van der Waals surface area contributed by atoms with Gasteiger partial charge in [0.25, 0.3) is 0 Å². The first kappa shape index (κ1) is 11.5. The van der Waals surface area contributed by atoms with E-state index in [4.69, 9.17) is 4.42 Å². The van der Waals surface area contributed by atoms with Crippen LogP contribution in [0.1, 0.15) is 44.8 Å². The number of thiophene rings is 1. The van der Waals surface area contributed by atoms with Gasteiger partial charge in [0, 0.05) is 21.2 Å². The van der Waals surface area contributed by atoms with E-state index in [-0.39, 0.29) is 0 Å². The highest BCUT2D eigenvalue weighted by Gasteiger charge is 2.30. The zero-order valence-corrected chi connectivity index (χ0v) is 11.0. The maximum absolute atomic E-state index is 11.3. The molecule has 0 bridgehead atoms. The summed E-state index contributed by atoms with van der Waals surface area (Å²) in [5.41, 5.74) is 1.03. The van der Waals surface area contributed by atoms with Gasteiger partial charge >= 0.3 is 5.97 Å². The van der Waals surface area contributed by atoms with E-state index in [9.17, 15) is 9.90 Å². The average Bonchev–Trinajstić information content (AvgIpc) is 2.95. The molecule has 1 aliphatic rings. The first-order valence-corrected chi connectivity index (χ1v) is 6.69. The van der Waals surface area contributed by atoms with Gasteiger partial charge in [0.2, 0.25) is 0 Å². The van der Waals surface area contributed by atoms with E-state index in [1.807, 2.05) is 13.8 Å². The largest absolute Gasteiger partial charge is 0.478 e. The number of hydrogen-bond donors (Lipinski definition) is 1. The van der Waals surface area contributed by atoms with Crippen molar-refractivity contribution in [1.82, 2.24) is 4.98 Å². The molecule has 94 valence electrons. The summed E-state index contributed by atoms with van der Waals surface area (Å²) in [7, 11) is 0. The van der Waals surface area contributed by atoms with Crippen molar-refractivity contribution in [2.24, 2.45) is 0 Å². The molecule has 3 rings (SSSR count). The molecule has 2 heterocycles. The Bertz CT molecular complexity index is 622. The van der Waals surface area contributed by atoms with Crippen molar-refractivity contribution in [1.29, 1.82) is 0 Å². The number of aromatic carboxylic acids is 1. The molecule has 0 amide bonds. The SMILES string of the molecule is Cc1sc(C)c(-c2cnc(C3CC3)o2)c1C(=O)O. The Morgan fingerprint density at radius 1 is 1.44 bits per heavy atom. The molecule has 0 spiro atoms. The number of nitrogens with zero attached hydrogens (tertiary/aromatic N) is 1. The zero-order valence-electron chi connectivity index (χ0n) is 10.2. The summed E-state index contributed by atoms with van der Waals surface area (Å²) >= 11 is 1.48. The van der Waals surface area contributed by atoms with Crippen molar-refractivity contribution in [3.8, 4) is 11.3 Å². The molecule has 2 aromatic heterocycles. The number of carbonyl (C=O) groups is 1. The fourth-order valence-corrected chi connectivity index (χ4v) is 3.22. The lowest BCUT2D eigenvalue weighted by Crippen LogP contribution is -1.98. The second kappa shape index (κ2) is 3.95. The molecule has 0 atom stereocenters. The normalized spacial score (nSPS) is 15.0. The molecule has 4 nitrogen and oxygen atoms in total. The number of carboxylic acid groups (broad SMARTS) is 1. The minimum absolute atomic E-state index is 0.344. The van der Waals surface area contributed by atoms with Gasteiger partial charge in [0.05, 0.1) is 11.8 Å². The van der Waals surface area contributed by atoms with Gasteiger partial charge < -0.3 is 9.52 Å². The van der Waals surface area contributed by atoms with Gasteiger partial charge in [-0.2, -0.15) is 0 Å². The van der Waals surface area contributed by atoms with Gasteiger partial charge in [-0.1, -0.05) is 0 Å². The Labute approximate surface area is 108 Å². The van der Waals surface area contributed by atoms with Crippen molar-refractivity contribution in [3.05, 3.63) is 27.4 Å². The van der Waals surface area contributed by atoms with Crippen molar-refractivity contribution < 1.29 is 14.3 Å². The van der Waals surface area contributed by atoms with Gasteiger partial charge in [-0.25, -0.2) is 9.78 Å². The van der Waals surface area contributed by atoms with E-state index in [2.05, 4.69) is 4.98 Å². The number of aromatic nitrogens is 1. The third-order valence-corrected chi connectivity index (χ3v) is 4.19. The highest BCUT2D eigenvalue weighted by Crippen LogP contribution is 2.42. The van der Waals surface area contributed by atoms with Gasteiger partial charge in [0.1, 0.15) is 0 Å². The molecule has 1 fully saturated rings. The van der Waals surface area contributed by atoms with Crippen molar-refractivity contribution in [2.45, 2.75) is 32.6 Å². The lowest BCUT2D eigenvalue weighted by Gasteiger charge is -1.98.